The Morgan fingerprint density at radius 3 is 2.81 bits per heavy atom. The number of aromatic nitrogens is 2. The van der Waals surface area contributed by atoms with Crippen molar-refractivity contribution < 1.29 is 9.52 Å². The quantitative estimate of drug-likeness (QED) is 0.717. The minimum absolute atomic E-state index is 0.544. The smallest absolute Gasteiger partial charge is 0.242 e. The molecule has 136 valence electrons. The molecule has 5 heteroatoms. The summed E-state index contributed by atoms with van der Waals surface area (Å²) in [6, 6.07) is 7.92. The Morgan fingerprint density at radius 2 is 1.96 bits per heavy atom. The van der Waals surface area contributed by atoms with E-state index >= 15 is 0 Å². The molecule has 27 heavy (non-hydrogen) atoms. The highest BCUT2D eigenvalue weighted by Gasteiger charge is 2.24. The van der Waals surface area contributed by atoms with Crippen molar-refractivity contribution in [1.82, 2.24) is 9.97 Å². The predicted molar refractivity (Wildman–Crippen MR) is 105 cm³/mol. The van der Waals surface area contributed by atoms with E-state index in [4.69, 9.17) is 9.41 Å². The van der Waals surface area contributed by atoms with Crippen molar-refractivity contribution in [3.05, 3.63) is 59.4 Å². The van der Waals surface area contributed by atoms with Gasteiger partial charge in [-0.2, -0.15) is 0 Å². The van der Waals surface area contributed by atoms with Gasteiger partial charge in [0.25, 0.3) is 0 Å². The summed E-state index contributed by atoms with van der Waals surface area (Å²) in [5.41, 5.74) is 7.98. The highest BCUT2D eigenvalue weighted by Crippen LogP contribution is 2.35. The zero-order valence-corrected chi connectivity index (χ0v) is 15.3. The van der Waals surface area contributed by atoms with Crippen molar-refractivity contribution in [2.24, 2.45) is 4.99 Å². The Labute approximate surface area is 157 Å². The Kier molecular flexibility index (Phi) is 3.90. The number of oxazole rings is 1. The van der Waals surface area contributed by atoms with Crippen LogP contribution in [0.4, 0.5) is 0 Å². The normalized spacial score (nSPS) is 17.9. The molecule has 1 N–H and O–H groups in total. The number of nitrogens with zero attached hydrogens (tertiary/aromatic N) is 3. The monoisotopic (exact) mass is 359 g/mol. The van der Waals surface area contributed by atoms with Crippen LogP contribution in [-0.4, -0.2) is 20.8 Å². The van der Waals surface area contributed by atoms with Gasteiger partial charge in [-0.15, -0.1) is 0 Å². The lowest BCUT2D eigenvalue weighted by Gasteiger charge is -2.10. The summed E-state index contributed by atoms with van der Waals surface area (Å²) in [5, 5.41) is 9.79. The van der Waals surface area contributed by atoms with Crippen molar-refractivity contribution in [2.75, 3.05) is 0 Å². The Hall–Kier alpha value is -2.79. The summed E-state index contributed by atoms with van der Waals surface area (Å²) >= 11 is 0. The van der Waals surface area contributed by atoms with Gasteiger partial charge in [-0.05, 0) is 67.5 Å². The lowest BCUT2D eigenvalue weighted by Crippen LogP contribution is -1.98. The van der Waals surface area contributed by atoms with Gasteiger partial charge in [-0.1, -0.05) is 6.07 Å². The van der Waals surface area contributed by atoms with Crippen molar-refractivity contribution >= 4 is 16.8 Å². The van der Waals surface area contributed by atoms with Crippen LogP contribution in [0.25, 0.3) is 22.2 Å². The van der Waals surface area contributed by atoms with Gasteiger partial charge in [-0.3, -0.25) is 9.98 Å². The molecule has 1 aliphatic carbocycles. The van der Waals surface area contributed by atoms with E-state index in [0.717, 1.165) is 52.8 Å². The molecule has 3 heterocycles. The molecule has 0 saturated carbocycles. The van der Waals surface area contributed by atoms with Gasteiger partial charge in [0.2, 0.25) is 5.89 Å². The van der Waals surface area contributed by atoms with E-state index in [0.29, 0.717) is 5.89 Å². The first-order valence-corrected chi connectivity index (χ1v) is 9.50. The number of hydrogen-bond donors (Lipinski definition) is 1. The summed E-state index contributed by atoms with van der Waals surface area (Å²) in [5.74, 6) is 0.632. The van der Waals surface area contributed by atoms with E-state index in [2.05, 4.69) is 9.97 Å². The maximum atomic E-state index is 9.79. The minimum Gasteiger partial charge on any atom is -0.435 e. The average molecular weight is 359 g/mol. The van der Waals surface area contributed by atoms with Crippen LogP contribution in [0.3, 0.4) is 0 Å². The average Bonchev–Trinajstić information content (AvgIpc) is 3.31. The second-order valence-electron chi connectivity index (χ2n) is 7.38. The number of fused-ring (bicyclic) bond motifs is 1. The van der Waals surface area contributed by atoms with Gasteiger partial charge in [0.15, 0.2) is 5.58 Å². The maximum Gasteiger partial charge on any atom is 0.242 e. The number of benzene rings is 1. The summed E-state index contributed by atoms with van der Waals surface area (Å²) in [6.45, 7) is 1.74. The molecule has 5 nitrogen and oxygen atoms in total. The second-order valence-corrected chi connectivity index (χ2v) is 7.38. The molecule has 0 fully saturated rings. The van der Waals surface area contributed by atoms with Crippen LogP contribution in [0.1, 0.15) is 56.6 Å². The number of aliphatic hydroxyl groups excluding tert-OH is 1. The minimum atomic E-state index is -0.544. The van der Waals surface area contributed by atoms with Gasteiger partial charge in [-0.25, -0.2) is 4.98 Å². The highest BCUT2D eigenvalue weighted by molar-refractivity contribution is 6.02. The molecule has 1 aromatic carbocycles. The van der Waals surface area contributed by atoms with E-state index < -0.39 is 6.10 Å². The van der Waals surface area contributed by atoms with Gasteiger partial charge in [0.1, 0.15) is 11.2 Å². The van der Waals surface area contributed by atoms with E-state index in [1.807, 2.05) is 24.3 Å². The summed E-state index contributed by atoms with van der Waals surface area (Å²) in [7, 11) is 0. The molecule has 0 amide bonds. The number of aliphatic hydroxyl groups is 1. The molecule has 1 atom stereocenters. The van der Waals surface area contributed by atoms with Crippen LogP contribution in [-0.2, 0) is 0 Å². The van der Waals surface area contributed by atoms with Crippen LogP contribution in [0, 0.1) is 0 Å². The zero-order chi connectivity index (χ0) is 18.4. The van der Waals surface area contributed by atoms with E-state index in [9.17, 15) is 5.11 Å². The zero-order valence-electron chi connectivity index (χ0n) is 15.3. The van der Waals surface area contributed by atoms with Crippen LogP contribution in [0.2, 0.25) is 0 Å². The number of aliphatic imine (C=N–C) groups is 1. The van der Waals surface area contributed by atoms with Crippen LogP contribution in [0.5, 0.6) is 0 Å². The van der Waals surface area contributed by atoms with Gasteiger partial charge in [0.05, 0.1) is 6.10 Å². The summed E-state index contributed by atoms with van der Waals surface area (Å²) < 4.78 is 6.06. The molecule has 0 spiro atoms. The van der Waals surface area contributed by atoms with Crippen LogP contribution in [0.15, 0.2) is 57.3 Å². The molecule has 1 aliphatic heterocycles. The topological polar surface area (TPSA) is 71.5 Å². The molecule has 3 aromatic rings. The van der Waals surface area contributed by atoms with Gasteiger partial charge >= 0.3 is 0 Å². The van der Waals surface area contributed by atoms with Crippen LogP contribution >= 0.6 is 0 Å². The molecular weight excluding hydrogens is 338 g/mol. The first kappa shape index (κ1) is 16.4. The number of hydrogen-bond acceptors (Lipinski definition) is 5. The SMILES string of the molecule is CC(O)c1cncc(-c2ccc3nc(C4=NC5=C(CCCC5)C4)oc3c2)c1. The predicted octanol–water partition coefficient (Wildman–Crippen LogP) is 4.96. The van der Waals surface area contributed by atoms with Crippen LogP contribution < -0.4 is 0 Å². The van der Waals surface area contributed by atoms with Gasteiger partial charge < -0.3 is 9.52 Å². The maximum absolute atomic E-state index is 9.79. The van der Waals surface area contributed by atoms with E-state index in [1.54, 1.807) is 19.3 Å². The number of rotatable bonds is 3. The fraction of sp³-hybridized carbons (Fsp3) is 0.318. The third kappa shape index (κ3) is 2.98. The fourth-order valence-electron chi connectivity index (χ4n) is 3.88. The third-order valence-corrected chi connectivity index (χ3v) is 5.41. The fourth-order valence-corrected chi connectivity index (χ4v) is 3.88. The molecular formula is C22H21N3O2. The lowest BCUT2D eigenvalue weighted by molar-refractivity contribution is 0.199. The van der Waals surface area contributed by atoms with Crippen molar-refractivity contribution in [2.45, 2.75) is 45.1 Å². The molecule has 2 aromatic heterocycles. The molecule has 5 rings (SSSR count). The first-order valence-electron chi connectivity index (χ1n) is 9.50. The van der Waals surface area contributed by atoms with E-state index in [1.165, 1.54) is 24.1 Å². The standard InChI is InChI=1S/C22H21N3O2/c1-13(26)16-8-17(12-23-11-16)14-6-7-19-21(10-14)27-22(25-19)20-9-15-4-2-3-5-18(15)24-20/h6-8,10-13,26H,2-5,9H2,1H3. The highest BCUT2D eigenvalue weighted by atomic mass is 16.3. The first-order chi connectivity index (χ1) is 13.2. The molecule has 0 bridgehead atoms. The number of pyridine rings is 1. The van der Waals surface area contributed by atoms with Gasteiger partial charge in [0, 0.05) is 30.1 Å². The second kappa shape index (κ2) is 6.43. The summed E-state index contributed by atoms with van der Waals surface area (Å²) in [6.07, 6.45) is 8.53. The Balaban J connectivity index is 1.48. The summed E-state index contributed by atoms with van der Waals surface area (Å²) in [4.78, 5) is 13.7. The Bertz CT molecular complexity index is 1090. The molecule has 0 radical (unpaired) electrons. The van der Waals surface area contributed by atoms with E-state index in [-0.39, 0.29) is 0 Å². The molecule has 1 unspecified atom stereocenters. The van der Waals surface area contributed by atoms with Crippen molar-refractivity contribution in [1.29, 1.82) is 0 Å². The number of allylic oxidation sites excluding steroid dienone is 2. The molecule has 0 saturated heterocycles. The van der Waals surface area contributed by atoms with Crippen molar-refractivity contribution in [3.8, 4) is 11.1 Å². The Morgan fingerprint density at radius 1 is 1.07 bits per heavy atom. The molecule has 2 aliphatic rings. The third-order valence-electron chi connectivity index (χ3n) is 5.41. The largest absolute Gasteiger partial charge is 0.435 e. The lowest BCUT2D eigenvalue weighted by atomic mass is 9.95. The van der Waals surface area contributed by atoms with Crippen molar-refractivity contribution in [3.63, 3.8) is 0 Å².